The first kappa shape index (κ1) is 12.3. The second kappa shape index (κ2) is 4.61. The molecule has 1 aliphatic carbocycles. The van der Waals surface area contributed by atoms with E-state index in [-0.39, 0.29) is 0 Å². The third kappa shape index (κ3) is 2.27. The zero-order chi connectivity index (χ0) is 12.5. The van der Waals surface area contributed by atoms with Gasteiger partial charge in [0.1, 0.15) is 10.5 Å². The number of benzene rings is 1. The van der Waals surface area contributed by atoms with E-state index in [2.05, 4.69) is 0 Å². The van der Waals surface area contributed by atoms with Crippen molar-refractivity contribution in [2.75, 3.05) is 7.11 Å². The van der Waals surface area contributed by atoms with Gasteiger partial charge in [-0.1, -0.05) is 0 Å². The van der Waals surface area contributed by atoms with E-state index in [1.54, 1.807) is 7.11 Å². The van der Waals surface area contributed by atoms with Crippen LogP contribution in [0.1, 0.15) is 24.8 Å². The first-order chi connectivity index (χ1) is 8.07. The van der Waals surface area contributed by atoms with E-state index in [9.17, 15) is 9.90 Å². The monoisotopic (exact) mass is 252 g/mol. The number of hydrogen-bond donors (Lipinski definition) is 1. The lowest BCUT2D eigenvalue weighted by atomic mass is 9.84. The Morgan fingerprint density at radius 2 is 2.18 bits per heavy atom. The van der Waals surface area contributed by atoms with Crippen molar-refractivity contribution in [1.29, 1.82) is 0 Å². The van der Waals surface area contributed by atoms with Crippen LogP contribution in [0.4, 0.5) is 0 Å². The molecule has 0 radical (unpaired) electrons. The van der Waals surface area contributed by atoms with Gasteiger partial charge >= 0.3 is 5.97 Å². The van der Waals surface area contributed by atoms with Crippen molar-refractivity contribution in [3.8, 4) is 5.75 Å². The molecular formula is C13H16O3S. The molecule has 0 heterocycles. The summed E-state index contributed by atoms with van der Waals surface area (Å²) in [6.45, 7) is 1.97. The minimum Gasteiger partial charge on any atom is -0.496 e. The van der Waals surface area contributed by atoms with Crippen LogP contribution in [0.25, 0.3) is 0 Å². The number of methoxy groups -OCH3 is 1. The Morgan fingerprint density at radius 1 is 1.47 bits per heavy atom. The number of aryl methyl sites for hydroxylation is 1. The van der Waals surface area contributed by atoms with E-state index in [0.29, 0.717) is 0 Å². The van der Waals surface area contributed by atoms with Crippen molar-refractivity contribution in [2.24, 2.45) is 0 Å². The fraction of sp³-hybridized carbons (Fsp3) is 0.462. The summed E-state index contributed by atoms with van der Waals surface area (Å²) in [6, 6.07) is 5.82. The Morgan fingerprint density at radius 3 is 2.59 bits per heavy atom. The summed E-state index contributed by atoms with van der Waals surface area (Å²) in [6.07, 6.45) is 2.53. The van der Waals surface area contributed by atoms with Gasteiger partial charge < -0.3 is 9.84 Å². The highest BCUT2D eigenvalue weighted by molar-refractivity contribution is 8.01. The molecule has 0 amide bonds. The SMILES string of the molecule is COc1ccc(SC2(C(=O)O)CCC2)cc1C. The molecule has 92 valence electrons. The largest absolute Gasteiger partial charge is 0.496 e. The van der Waals surface area contributed by atoms with Crippen molar-refractivity contribution in [3.05, 3.63) is 23.8 Å². The van der Waals surface area contributed by atoms with Crippen LogP contribution in [0.15, 0.2) is 23.1 Å². The summed E-state index contributed by atoms with van der Waals surface area (Å²) in [5, 5.41) is 9.27. The molecule has 1 saturated carbocycles. The molecule has 17 heavy (non-hydrogen) atoms. The Balaban J connectivity index is 2.18. The van der Waals surface area contributed by atoms with Crippen LogP contribution in [0, 0.1) is 6.92 Å². The molecule has 3 nitrogen and oxygen atoms in total. The van der Waals surface area contributed by atoms with Crippen molar-refractivity contribution < 1.29 is 14.6 Å². The summed E-state index contributed by atoms with van der Waals surface area (Å²) < 4.78 is 4.60. The van der Waals surface area contributed by atoms with Crippen molar-refractivity contribution in [2.45, 2.75) is 35.8 Å². The predicted octanol–water partition coefficient (Wildman–Crippen LogP) is 3.10. The zero-order valence-electron chi connectivity index (χ0n) is 10.0. The first-order valence-corrected chi connectivity index (χ1v) is 6.46. The van der Waals surface area contributed by atoms with E-state index in [0.717, 1.165) is 35.5 Å². The smallest absolute Gasteiger partial charge is 0.320 e. The second-order valence-electron chi connectivity index (χ2n) is 4.39. The third-order valence-electron chi connectivity index (χ3n) is 3.23. The van der Waals surface area contributed by atoms with E-state index < -0.39 is 10.7 Å². The van der Waals surface area contributed by atoms with Crippen LogP contribution >= 0.6 is 11.8 Å². The number of carboxylic acid groups (broad SMARTS) is 1. The molecule has 1 aromatic rings. The predicted molar refractivity (Wildman–Crippen MR) is 67.8 cm³/mol. The molecule has 0 unspecified atom stereocenters. The van der Waals surface area contributed by atoms with Gasteiger partial charge in [0.05, 0.1) is 7.11 Å². The zero-order valence-corrected chi connectivity index (χ0v) is 10.8. The van der Waals surface area contributed by atoms with Gasteiger partial charge in [0.2, 0.25) is 0 Å². The Labute approximate surface area is 105 Å². The van der Waals surface area contributed by atoms with Gasteiger partial charge in [-0.25, -0.2) is 0 Å². The molecule has 0 aromatic heterocycles. The number of carbonyl (C=O) groups is 1. The van der Waals surface area contributed by atoms with E-state index in [1.807, 2.05) is 25.1 Å². The van der Waals surface area contributed by atoms with Crippen LogP contribution < -0.4 is 4.74 Å². The van der Waals surface area contributed by atoms with Crippen LogP contribution in [0.5, 0.6) is 5.75 Å². The standard InChI is InChI=1S/C13H16O3S/c1-9-8-10(4-5-11(9)16-2)17-13(12(14)15)6-3-7-13/h4-5,8H,3,6-7H2,1-2H3,(H,14,15). The van der Waals surface area contributed by atoms with Gasteiger partial charge in [-0.3, -0.25) is 4.79 Å². The molecule has 1 aliphatic rings. The maximum Gasteiger partial charge on any atom is 0.320 e. The molecule has 0 bridgehead atoms. The molecule has 1 aromatic carbocycles. The Bertz CT molecular complexity index is 438. The first-order valence-electron chi connectivity index (χ1n) is 5.64. The summed E-state index contributed by atoms with van der Waals surface area (Å²) in [7, 11) is 1.64. The lowest BCUT2D eigenvalue weighted by Gasteiger charge is -2.36. The van der Waals surface area contributed by atoms with Crippen molar-refractivity contribution in [1.82, 2.24) is 0 Å². The van der Waals surface area contributed by atoms with Gasteiger partial charge in [0, 0.05) is 4.90 Å². The van der Waals surface area contributed by atoms with E-state index >= 15 is 0 Å². The highest BCUT2D eigenvalue weighted by atomic mass is 32.2. The Hall–Kier alpha value is -1.16. The molecule has 0 aliphatic heterocycles. The van der Waals surface area contributed by atoms with Gasteiger partial charge in [0.25, 0.3) is 0 Å². The number of ether oxygens (including phenoxy) is 1. The lowest BCUT2D eigenvalue weighted by Crippen LogP contribution is -2.41. The highest BCUT2D eigenvalue weighted by Gasteiger charge is 2.45. The topological polar surface area (TPSA) is 46.5 Å². The number of carboxylic acids is 1. The molecule has 1 fully saturated rings. The van der Waals surface area contributed by atoms with Gasteiger partial charge in [-0.2, -0.15) is 0 Å². The molecule has 0 spiro atoms. The van der Waals surface area contributed by atoms with Crippen LogP contribution in [-0.2, 0) is 4.79 Å². The average molecular weight is 252 g/mol. The van der Waals surface area contributed by atoms with Crippen LogP contribution in [-0.4, -0.2) is 22.9 Å². The summed E-state index contributed by atoms with van der Waals surface area (Å²) in [4.78, 5) is 12.3. The maximum atomic E-state index is 11.3. The van der Waals surface area contributed by atoms with E-state index in [1.165, 1.54) is 11.8 Å². The third-order valence-corrected chi connectivity index (χ3v) is 4.69. The quantitative estimate of drug-likeness (QED) is 0.894. The number of hydrogen-bond acceptors (Lipinski definition) is 3. The highest BCUT2D eigenvalue weighted by Crippen LogP contribution is 2.48. The molecule has 1 N–H and O–H groups in total. The van der Waals surface area contributed by atoms with Crippen molar-refractivity contribution in [3.63, 3.8) is 0 Å². The summed E-state index contributed by atoms with van der Waals surface area (Å²) in [5.74, 6) is 0.148. The lowest BCUT2D eigenvalue weighted by molar-refractivity contribution is -0.142. The minimum atomic E-state index is -0.692. The van der Waals surface area contributed by atoms with Gasteiger partial charge in [-0.15, -0.1) is 11.8 Å². The molecule has 0 atom stereocenters. The molecule has 2 rings (SSSR count). The number of aliphatic carboxylic acids is 1. The minimum absolute atomic E-state index is 0.596. The van der Waals surface area contributed by atoms with Gasteiger partial charge in [-0.05, 0) is 49.9 Å². The molecule has 4 heteroatoms. The Kier molecular flexibility index (Phi) is 3.33. The van der Waals surface area contributed by atoms with Crippen LogP contribution in [0.2, 0.25) is 0 Å². The fourth-order valence-corrected chi connectivity index (χ4v) is 3.40. The van der Waals surface area contributed by atoms with Crippen LogP contribution in [0.3, 0.4) is 0 Å². The van der Waals surface area contributed by atoms with E-state index in [4.69, 9.17) is 4.74 Å². The summed E-state index contributed by atoms with van der Waals surface area (Å²) >= 11 is 1.46. The summed E-state index contributed by atoms with van der Waals surface area (Å²) in [5.41, 5.74) is 1.04. The van der Waals surface area contributed by atoms with Crippen molar-refractivity contribution >= 4 is 17.7 Å². The second-order valence-corrected chi connectivity index (χ2v) is 5.84. The number of thioether (sulfide) groups is 1. The maximum absolute atomic E-state index is 11.3. The average Bonchev–Trinajstić information content (AvgIpc) is 2.23. The fourth-order valence-electron chi connectivity index (χ4n) is 2.00. The normalized spacial score (nSPS) is 17.3. The number of rotatable bonds is 4. The molecular weight excluding hydrogens is 236 g/mol. The van der Waals surface area contributed by atoms with Gasteiger partial charge in [0.15, 0.2) is 0 Å². The molecule has 0 saturated heterocycles.